The Morgan fingerprint density at radius 3 is 2.14 bits per heavy atom. The second-order valence-electron chi connectivity index (χ2n) is 1.93. The molecule has 3 nitrogen and oxygen atoms in total. The number of rotatable bonds is 2. The summed E-state index contributed by atoms with van der Waals surface area (Å²) in [5.41, 5.74) is 4.64. The average Bonchev–Trinajstić information content (AvgIpc) is 2.04. The minimum atomic E-state index is -4.91. The molecule has 0 aromatic rings. The smallest absolute Gasteiger partial charge is 0.404 e. The molecule has 0 radical (unpaired) electrons. The SMILES string of the molecule is Cl.N#CC(C=CC(=O)C(F)(F)F)=CN. The van der Waals surface area contributed by atoms with Gasteiger partial charge in [0.25, 0.3) is 5.78 Å². The Kier molecular flexibility index (Phi) is 6.48. The molecule has 2 N–H and O–H groups in total. The summed E-state index contributed by atoms with van der Waals surface area (Å²) >= 11 is 0. The first kappa shape index (κ1) is 15.0. The lowest BCUT2D eigenvalue weighted by Crippen LogP contribution is -2.19. The van der Waals surface area contributed by atoms with Crippen LogP contribution in [-0.4, -0.2) is 12.0 Å². The number of nitrogens with two attached hydrogens (primary N) is 1. The Morgan fingerprint density at radius 2 is 1.86 bits per heavy atom. The molecule has 0 saturated heterocycles. The van der Waals surface area contributed by atoms with Crippen LogP contribution < -0.4 is 5.73 Å². The fraction of sp³-hybridized carbons (Fsp3) is 0.143. The number of nitriles is 1. The van der Waals surface area contributed by atoms with Crippen LogP contribution in [0.25, 0.3) is 0 Å². The summed E-state index contributed by atoms with van der Waals surface area (Å²) in [6.07, 6.45) is -3.15. The molecule has 0 aliphatic heterocycles. The summed E-state index contributed by atoms with van der Waals surface area (Å²) in [7, 11) is 0. The number of carbonyl (C=O) groups is 1. The summed E-state index contributed by atoms with van der Waals surface area (Å²) in [5, 5.41) is 8.20. The van der Waals surface area contributed by atoms with E-state index in [4.69, 9.17) is 11.0 Å². The van der Waals surface area contributed by atoms with E-state index < -0.39 is 12.0 Å². The first-order valence-electron chi connectivity index (χ1n) is 3.03. The predicted octanol–water partition coefficient (Wildman–Crippen LogP) is 1.46. The van der Waals surface area contributed by atoms with Gasteiger partial charge in [-0.25, -0.2) is 0 Å². The summed E-state index contributed by atoms with van der Waals surface area (Å²) in [5.74, 6) is -2.03. The molecule has 78 valence electrons. The van der Waals surface area contributed by atoms with Crippen molar-refractivity contribution in [1.82, 2.24) is 0 Å². The van der Waals surface area contributed by atoms with Crippen LogP contribution in [0.2, 0.25) is 0 Å². The number of allylic oxidation sites excluding steroid dienone is 3. The summed E-state index contributed by atoms with van der Waals surface area (Å²) < 4.78 is 34.7. The van der Waals surface area contributed by atoms with Gasteiger partial charge < -0.3 is 5.73 Å². The highest BCUT2D eigenvalue weighted by molar-refractivity contribution is 5.94. The molecule has 0 rings (SSSR count). The minimum absolute atomic E-state index is 0. The van der Waals surface area contributed by atoms with E-state index in [9.17, 15) is 18.0 Å². The number of hydrogen-bond acceptors (Lipinski definition) is 3. The summed E-state index contributed by atoms with van der Waals surface area (Å²) in [6, 6.07) is 1.49. The van der Waals surface area contributed by atoms with E-state index in [2.05, 4.69) is 0 Å². The van der Waals surface area contributed by atoms with Crippen LogP contribution in [0.4, 0.5) is 13.2 Å². The Hall–Kier alpha value is -1.48. The standard InChI is InChI=1S/C7H5F3N2O.ClH/c8-7(9,10)6(13)2-1-5(3-11)4-12;/h1-3H,11H2;1H. The quantitative estimate of drug-likeness (QED) is 0.440. The van der Waals surface area contributed by atoms with Gasteiger partial charge in [-0.05, 0) is 12.2 Å². The molecule has 0 fully saturated rings. The maximum Gasteiger partial charge on any atom is 0.454 e. The van der Waals surface area contributed by atoms with E-state index in [-0.39, 0.29) is 24.1 Å². The zero-order chi connectivity index (χ0) is 10.5. The van der Waals surface area contributed by atoms with Gasteiger partial charge in [-0.1, -0.05) is 0 Å². The molecule has 0 heterocycles. The lowest BCUT2D eigenvalue weighted by Gasteiger charge is -1.98. The molecule has 0 aromatic heterocycles. The van der Waals surface area contributed by atoms with Crippen molar-refractivity contribution in [3.05, 3.63) is 23.9 Å². The monoisotopic (exact) mass is 226 g/mol. The van der Waals surface area contributed by atoms with Gasteiger partial charge in [0.1, 0.15) is 6.07 Å². The van der Waals surface area contributed by atoms with Crippen molar-refractivity contribution in [2.24, 2.45) is 5.73 Å². The molecular weight excluding hydrogens is 221 g/mol. The number of nitrogens with zero attached hydrogens (tertiary/aromatic N) is 1. The predicted molar refractivity (Wildman–Crippen MR) is 45.3 cm³/mol. The van der Waals surface area contributed by atoms with Gasteiger partial charge in [-0.15, -0.1) is 12.4 Å². The molecule has 0 saturated carbocycles. The number of halogens is 4. The zero-order valence-electron chi connectivity index (χ0n) is 6.71. The van der Waals surface area contributed by atoms with E-state index in [0.717, 1.165) is 6.20 Å². The second kappa shape index (κ2) is 6.05. The van der Waals surface area contributed by atoms with Gasteiger partial charge in [0.2, 0.25) is 0 Å². The molecule has 7 heteroatoms. The molecule has 0 unspecified atom stereocenters. The molecule has 0 spiro atoms. The van der Waals surface area contributed by atoms with Crippen LogP contribution in [0, 0.1) is 11.3 Å². The minimum Gasteiger partial charge on any atom is -0.404 e. The number of ketones is 1. The van der Waals surface area contributed by atoms with Gasteiger partial charge >= 0.3 is 6.18 Å². The van der Waals surface area contributed by atoms with E-state index in [0.29, 0.717) is 6.08 Å². The normalized spacial score (nSPS) is 12.0. The average molecular weight is 227 g/mol. The molecule has 0 aromatic carbocycles. The van der Waals surface area contributed by atoms with Crippen molar-refractivity contribution >= 4 is 18.2 Å². The van der Waals surface area contributed by atoms with Gasteiger partial charge in [-0.3, -0.25) is 4.79 Å². The third kappa shape index (κ3) is 5.22. The maximum atomic E-state index is 11.6. The number of alkyl halides is 3. The first-order chi connectivity index (χ1) is 5.91. The highest BCUT2D eigenvalue weighted by atomic mass is 35.5. The van der Waals surface area contributed by atoms with Crippen LogP contribution in [0.5, 0.6) is 0 Å². The molecule has 0 aliphatic carbocycles. The molecule has 0 bridgehead atoms. The zero-order valence-corrected chi connectivity index (χ0v) is 7.52. The maximum absolute atomic E-state index is 11.6. The van der Waals surface area contributed by atoms with Crippen molar-refractivity contribution in [2.75, 3.05) is 0 Å². The van der Waals surface area contributed by atoms with Crippen LogP contribution in [0.3, 0.4) is 0 Å². The molecule has 14 heavy (non-hydrogen) atoms. The van der Waals surface area contributed by atoms with Crippen molar-refractivity contribution in [3.8, 4) is 6.07 Å². The van der Waals surface area contributed by atoms with Crippen molar-refractivity contribution in [1.29, 1.82) is 5.26 Å². The summed E-state index contributed by atoms with van der Waals surface area (Å²) in [4.78, 5) is 10.2. The van der Waals surface area contributed by atoms with Crippen molar-refractivity contribution < 1.29 is 18.0 Å². The fourth-order valence-electron chi connectivity index (χ4n) is 0.390. The van der Waals surface area contributed by atoms with Crippen LogP contribution in [0.1, 0.15) is 0 Å². The number of hydrogen-bond donors (Lipinski definition) is 1. The van der Waals surface area contributed by atoms with Gasteiger partial charge in [0.05, 0.1) is 5.57 Å². The summed E-state index contributed by atoms with van der Waals surface area (Å²) in [6.45, 7) is 0. The number of carbonyl (C=O) groups excluding carboxylic acids is 1. The Labute approximate surface area is 84.1 Å². The largest absolute Gasteiger partial charge is 0.454 e. The lowest BCUT2D eigenvalue weighted by atomic mass is 10.2. The van der Waals surface area contributed by atoms with Gasteiger partial charge in [-0.2, -0.15) is 18.4 Å². The molecule has 0 aliphatic rings. The molecule has 0 atom stereocenters. The first-order valence-corrected chi connectivity index (χ1v) is 3.03. The second-order valence-corrected chi connectivity index (χ2v) is 1.93. The Bertz CT molecular complexity index is 301. The van der Waals surface area contributed by atoms with E-state index in [1.807, 2.05) is 0 Å². The van der Waals surface area contributed by atoms with Crippen LogP contribution in [-0.2, 0) is 4.79 Å². The lowest BCUT2D eigenvalue weighted by molar-refractivity contribution is -0.165. The molecular formula is C7H6ClF3N2O. The van der Waals surface area contributed by atoms with Gasteiger partial charge in [0, 0.05) is 6.20 Å². The van der Waals surface area contributed by atoms with Crippen LogP contribution in [0.15, 0.2) is 23.9 Å². The van der Waals surface area contributed by atoms with E-state index in [1.165, 1.54) is 6.07 Å². The third-order valence-electron chi connectivity index (χ3n) is 1.00. The highest BCUT2D eigenvalue weighted by Crippen LogP contribution is 2.16. The topological polar surface area (TPSA) is 66.9 Å². The molecule has 0 amide bonds. The third-order valence-corrected chi connectivity index (χ3v) is 1.00. The van der Waals surface area contributed by atoms with Crippen molar-refractivity contribution in [2.45, 2.75) is 6.18 Å². The fourth-order valence-corrected chi connectivity index (χ4v) is 0.390. The van der Waals surface area contributed by atoms with Crippen LogP contribution >= 0.6 is 12.4 Å². The van der Waals surface area contributed by atoms with E-state index in [1.54, 1.807) is 0 Å². The van der Waals surface area contributed by atoms with E-state index >= 15 is 0 Å². The Morgan fingerprint density at radius 1 is 1.36 bits per heavy atom. The van der Waals surface area contributed by atoms with Gasteiger partial charge in [0.15, 0.2) is 0 Å². The Balaban J connectivity index is 0. The van der Waals surface area contributed by atoms with Crippen molar-refractivity contribution in [3.63, 3.8) is 0 Å². The highest BCUT2D eigenvalue weighted by Gasteiger charge is 2.35.